The van der Waals surface area contributed by atoms with Gasteiger partial charge in [0.05, 0.1) is 6.54 Å². The first-order valence-corrected chi connectivity index (χ1v) is 6.75. The molecule has 0 saturated carbocycles. The summed E-state index contributed by atoms with van der Waals surface area (Å²) in [5.74, 6) is 0. The third kappa shape index (κ3) is 4.00. The molecule has 0 aromatic heterocycles. The van der Waals surface area contributed by atoms with E-state index in [1.165, 1.54) is 4.90 Å². The third-order valence-corrected chi connectivity index (χ3v) is 3.64. The highest BCUT2D eigenvalue weighted by Gasteiger charge is 2.26. The SMILES string of the molecule is CC(C)(C)N(Cc1cc(Br)ccc1Br)C(=O)O. The predicted molar refractivity (Wildman–Crippen MR) is 75.2 cm³/mol. The topological polar surface area (TPSA) is 40.5 Å². The van der Waals surface area contributed by atoms with Crippen molar-refractivity contribution >= 4 is 38.0 Å². The van der Waals surface area contributed by atoms with Crippen molar-refractivity contribution in [3.05, 3.63) is 32.7 Å². The molecule has 0 aliphatic carbocycles. The van der Waals surface area contributed by atoms with Crippen LogP contribution in [-0.2, 0) is 6.54 Å². The fourth-order valence-electron chi connectivity index (χ4n) is 1.43. The minimum absolute atomic E-state index is 0.360. The van der Waals surface area contributed by atoms with Crippen LogP contribution in [0.3, 0.4) is 0 Å². The molecule has 0 radical (unpaired) electrons. The molecule has 0 saturated heterocycles. The smallest absolute Gasteiger partial charge is 0.408 e. The number of hydrogen-bond donors (Lipinski definition) is 1. The maximum atomic E-state index is 11.2. The second-order valence-electron chi connectivity index (χ2n) is 4.78. The maximum absolute atomic E-state index is 11.2. The molecule has 94 valence electrons. The molecule has 0 bridgehead atoms. The number of hydrogen-bond acceptors (Lipinski definition) is 1. The van der Waals surface area contributed by atoms with Crippen molar-refractivity contribution in [1.29, 1.82) is 0 Å². The number of carbonyl (C=O) groups is 1. The lowest BCUT2D eigenvalue weighted by atomic mass is 10.1. The molecule has 1 amide bonds. The van der Waals surface area contributed by atoms with Crippen LogP contribution in [-0.4, -0.2) is 21.6 Å². The molecule has 1 aromatic carbocycles. The Balaban J connectivity index is 3.02. The molecule has 1 aromatic rings. The summed E-state index contributed by atoms with van der Waals surface area (Å²) in [5, 5.41) is 9.23. The first-order valence-electron chi connectivity index (χ1n) is 5.16. The lowest BCUT2D eigenvalue weighted by Crippen LogP contribution is -2.44. The molecule has 0 spiro atoms. The molecule has 5 heteroatoms. The minimum Gasteiger partial charge on any atom is -0.465 e. The van der Waals surface area contributed by atoms with Crippen molar-refractivity contribution in [3.8, 4) is 0 Å². The Bertz CT molecular complexity index is 427. The van der Waals surface area contributed by atoms with Crippen LogP contribution in [0.5, 0.6) is 0 Å². The van der Waals surface area contributed by atoms with Gasteiger partial charge in [-0.2, -0.15) is 0 Å². The summed E-state index contributed by atoms with van der Waals surface area (Å²) >= 11 is 6.82. The molecule has 0 aliphatic heterocycles. The van der Waals surface area contributed by atoms with E-state index in [9.17, 15) is 9.90 Å². The summed E-state index contributed by atoms with van der Waals surface area (Å²) in [6.45, 7) is 6.01. The van der Waals surface area contributed by atoms with Gasteiger partial charge in [0.15, 0.2) is 0 Å². The van der Waals surface area contributed by atoms with Crippen LogP contribution in [0.2, 0.25) is 0 Å². The lowest BCUT2D eigenvalue weighted by Gasteiger charge is -2.33. The molecule has 0 heterocycles. The summed E-state index contributed by atoms with van der Waals surface area (Å²) < 4.78 is 1.85. The van der Waals surface area contributed by atoms with Gasteiger partial charge in [-0.15, -0.1) is 0 Å². The van der Waals surface area contributed by atoms with Crippen molar-refractivity contribution in [2.24, 2.45) is 0 Å². The van der Waals surface area contributed by atoms with Gasteiger partial charge in [0.1, 0.15) is 0 Å². The van der Waals surface area contributed by atoms with Crippen LogP contribution < -0.4 is 0 Å². The van der Waals surface area contributed by atoms with Gasteiger partial charge in [0.25, 0.3) is 0 Å². The minimum atomic E-state index is -0.913. The average molecular weight is 365 g/mol. The fraction of sp³-hybridized carbons (Fsp3) is 0.417. The lowest BCUT2D eigenvalue weighted by molar-refractivity contribution is 0.0954. The summed E-state index contributed by atoms with van der Waals surface area (Å²) in [7, 11) is 0. The van der Waals surface area contributed by atoms with Crippen LogP contribution in [0.1, 0.15) is 26.3 Å². The molecule has 0 fully saturated rings. The Hall–Kier alpha value is -0.550. The first-order chi connectivity index (χ1) is 7.71. The van der Waals surface area contributed by atoms with Crippen molar-refractivity contribution in [2.75, 3.05) is 0 Å². The molecule has 3 nitrogen and oxygen atoms in total. The second kappa shape index (κ2) is 5.40. The largest absolute Gasteiger partial charge is 0.465 e. The van der Waals surface area contributed by atoms with Crippen LogP contribution in [0, 0.1) is 0 Å². The zero-order chi connectivity index (χ0) is 13.2. The highest BCUT2D eigenvalue weighted by molar-refractivity contribution is 9.11. The molecule has 17 heavy (non-hydrogen) atoms. The molecule has 1 N–H and O–H groups in total. The highest BCUT2D eigenvalue weighted by Crippen LogP contribution is 2.25. The van der Waals surface area contributed by atoms with Crippen LogP contribution in [0.4, 0.5) is 4.79 Å². The van der Waals surface area contributed by atoms with Crippen molar-refractivity contribution in [3.63, 3.8) is 0 Å². The van der Waals surface area contributed by atoms with E-state index in [0.717, 1.165) is 14.5 Å². The molecule has 0 atom stereocenters. The van der Waals surface area contributed by atoms with E-state index in [4.69, 9.17) is 0 Å². The van der Waals surface area contributed by atoms with E-state index in [1.54, 1.807) is 0 Å². The number of amides is 1. The van der Waals surface area contributed by atoms with E-state index >= 15 is 0 Å². The Labute approximate surface area is 118 Å². The van der Waals surface area contributed by atoms with Crippen LogP contribution in [0.15, 0.2) is 27.1 Å². The molecular weight excluding hydrogens is 350 g/mol. The quantitative estimate of drug-likeness (QED) is 0.839. The summed E-state index contributed by atoms with van der Waals surface area (Å²) in [6, 6.07) is 5.74. The van der Waals surface area contributed by atoms with Gasteiger partial charge in [0, 0.05) is 14.5 Å². The van der Waals surface area contributed by atoms with Gasteiger partial charge in [-0.1, -0.05) is 31.9 Å². The Kier molecular flexibility index (Phi) is 4.61. The summed E-state index contributed by atoms with van der Waals surface area (Å²) in [4.78, 5) is 12.7. The average Bonchev–Trinajstić information content (AvgIpc) is 2.17. The Morgan fingerprint density at radius 3 is 2.41 bits per heavy atom. The van der Waals surface area contributed by atoms with Gasteiger partial charge >= 0.3 is 6.09 Å². The van der Waals surface area contributed by atoms with E-state index in [1.807, 2.05) is 39.0 Å². The van der Waals surface area contributed by atoms with E-state index in [0.29, 0.717) is 6.54 Å². The predicted octanol–water partition coefficient (Wildman–Crippen LogP) is 4.49. The zero-order valence-electron chi connectivity index (χ0n) is 10.00. The normalized spacial score (nSPS) is 11.4. The fourth-order valence-corrected chi connectivity index (χ4v) is 2.21. The third-order valence-electron chi connectivity index (χ3n) is 2.38. The monoisotopic (exact) mass is 363 g/mol. The number of nitrogens with zero attached hydrogens (tertiary/aromatic N) is 1. The molecule has 1 rings (SSSR count). The van der Waals surface area contributed by atoms with E-state index in [2.05, 4.69) is 31.9 Å². The van der Waals surface area contributed by atoms with Crippen molar-refractivity contribution in [2.45, 2.75) is 32.9 Å². The highest BCUT2D eigenvalue weighted by atomic mass is 79.9. The maximum Gasteiger partial charge on any atom is 0.408 e. The van der Waals surface area contributed by atoms with E-state index in [-0.39, 0.29) is 0 Å². The zero-order valence-corrected chi connectivity index (χ0v) is 13.2. The Morgan fingerprint density at radius 2 is 1.94 bits per heavy atom. The second-order valence-corrected chi connectivity index (χ2v) is 6.55. The van der Waals surface area contributed by atoms with Gasteiger partial charge in [-0.3, -0.25) is 4.90 Å². The number of benzene rings is 1. The summed E-state index contributed by atoms with van der Waals surface area (Å²) in [5.41, 5.74) is 0.518. The van der Waals surface area contributed by atoms with Gasteiger partial charge < -0.3 is 5.11 Å². The van der Waals surface area contributed by atoms with Gasteiger partial charge in [-0.05, 0) is 44.5 Å². The summed E-state index contributed by atoms with van der Waals surface area (Å²) in [6.07, 6.45) is -0.913. The van der Waals surface area contributed by atoms with Crippen molar-refractivity contribution in [1.82, 2.24) is 4.90 Å². The Morgan fingerprint density at radius 1 is 1.35 bits per heavy atom. The number of halogens is 2. The molecular formula is C12H15Br2NO2. The van der Waals surface area contributed by atoms with Gasteiger partial charge in [-0.25, -0.2) is 4.79 Å². The van der Waals surface area contributed by atoms with Crippen LogP contribution >= 0.6 is 31.9 Å². The van der Waals surface area contributed by atoms with Crippen molar-refractivity contribution < 1.29 is 9.90 Å². The molecule has 0 unspecified atom stereocenters. The molecule has 0 aliphatic rings. The van der Waals surface area contributed by atoms with E-state index < -0.39 is 11.6 Å². The number of carboxylic acid groups (broad SMARTS) is 1. The van der Waals surface area contributed by atoms with Gasteiger partial charge in [0.2, 0.25) is 0 Å². The number of rotatable bonds is 2. The van der Waals surface area contributed by atoms with Crippen LogP contribution in [0.25, 0.3) is 0 Å². The standard InChI is InChI=1S/C12H15Br2NO2/c1-12(2,3)15(11(16)17)7-8-6-9(13)4-5-10(8)14/h4-6H,7H2,1-3H3,(H,16,17). The first kappa shape index (κ1) is 14.5.